The standard InChI is InChI=1S/C15H13N5O2/c16-9-10(11-5-6-17-15(20-11)18-7-8-21)14-19-12-3-1-2-4-13(12)22-14/h1-6,10,21H,7-8H2,(H,17,18,20). The van der Waals surface area contributed by atoms with Gasteiger partial charge in [-0.3, -0.25) is 0 Å². The van der Waals surface area contributed by atoms with Crippen LogP contribution < -0.4 is 5.32 Å². The normalized spacial score (nSPS) is 12.0. The topological polar surface area (TPSA) is 108 Å². The van der Waals surface area contributed by atoms with Gasteiger partial charge in [0.15, 0.2) is 11.5 Å². The van der Waals surface area contributed by atoms with Crippen molar-refractivity contribution in [2.45, 2.75) is 5.92 Å². The third kappa shape index (κ3) is 2.73. The highest BCUT2D eigenvalue weighted by molar-refractivity contribution is 5.72. The van der Waals surface area contributed by atoms with Crippen molar-refractivity contribution in [3.63, 3.8) is 0 Å². The lowest BCUT2D eigenvalue weighted by Gasteiger charge is -2.07. The summed E-state index contributed by atoms with van der Waals surface area (Å²) in [5.74, 6) is -0.0662. The van der Waals surface area contributed by atoms with Gasteiger partial charge in [-0.1, -0.05) is 12.1 Å². The molecule has 0 bridgehead atoms. The Kier molecular flexibility index (Phi) is 3.94. The van der Waals surface area contributed by atoms with E-state index >= 15 is 0 Å². The van der Waals surface area contributed by atoms with Crippen LogP contribution in [0.25, 0.3) is 11.1 Å². The van der Waals surface area contributed by atoms with Gasteiger partial charge in [0.2, 0.25) is 11.8 Å². The lowest BCUT2D eigenvalue weighted by Crippen LogP contribution is -2.10. The van der Waals surface area contributed by atoms with E-state index < -0.39 is 5.92 Å². The maximum atomic E-state index is 9.45. The lowest BCUT2D eigenvalue weighted by molar-refractivity contribution is 0.310. The summed E-state index contributed by atoms with van der Waals surface area (Å²) in [7, 11) is 0. The summed E-state index contributed by atoms with van der Waals surface area (Å²) in [6.45, 7) is 0.309. The van der Waals surface area contributed by atoms with Crippen molar-refractivity contribution in [3.8, 4) is 6.07 Å². The predicted molar refractivity (Wildman–Crippen MR) is 79.1 cm³/mol. The van der Waals surface area contributed by atoms with Gasteiger partial charge in [0, 0.05) is 12.7 Å². The number of oxazole rings is 1. The monoisotopic (exact) mass is 295 g/mol. The maximum absolute atomic E-state index is 9.45. The smallest absolute Gasteiger partial charge is 0.222 e. The fourth-order valence-corrected chi connectivity index (χ4v) is 2.05. The van der Waals surface area contributed by atoms with Crippen molar-refractivity contribution in [3.05, 3.63) is 48.1 Å². The van der Waals surface area contributed by atoms with Crippen LogP contribution in [0.3, 0.4) is 0 Å². The Morgan fingerprint density at radius 3 is 2.91 bits per heavy atom. The summed E-state index contributed by atoms with van der Waals surface area (Å²) < 4.78 is 5.64. The molecule has 7 heteroatoms. The average molecular weight is 295 g/mol. The quantitative estimate of drug-likeness (QED) is 0.737. The molecule has 0 saturated carbocycles. The number of aromatic nitrogens is 3. The van der Waals surface area contributed by atoms with Gasteiger partial charge >= 0.3 is 0 Å². The van der Waals surface area contributed by atoms with Gasteiger partial charge in [-0.05, 0) is 18.2 Å². The molecule has 0 amide bonds. The number of rotatable bonds is 5. The molecule has 7 nitrogen and oxygen atoms in total. The number of fused-ring (bicyclic) bond motifs is 1. The van der Waals surface area contributed by atoms with Crippen molar-refractivity contribution < 1.29 is 9.52 Å². The van der Waals surface area contributed by atoms with Gasteiger partial charge in [-0.15, -0.1) is 0 Å². The second-order valence-electron chi connectivity index (χ2n) is 4.54. The van der Waals surface area contributed by atoms with Gasteiger partial charge in [0.05, 0.1) is 18.4 Å². The Hall–Kier alpha value is -2.98. The van der Waals surface area contributed by atoms with Gasteiger partial charge in [0.1, 0.15) is 5.52 Å². The minimum atomic E-state index is -0.718. The van der Waals surface area contributed by atoms with Crippen molar-refractivity contribution in [2.75, 3.05) is 18.5 Å². The SMILES string of the molecule is N#CC(c1ccnc(NCCO)n1)c1nc2ccccc2o1. The Morgan fingerprint density at radius 2 is 2.14 bits per heavy atom. The van der Waals surface area contributed by atoms with E-state index in [1.165, 1.54) is 0 Å². The van der Waals surface area contributed by atoms with Crippen molar-refractivity contribution in [2.24, 2.45) is 0 Å². The third-order valence-electron chi connectivity index (χ3n) is 3.05. The molecule has 0 aliphatic carbocycles. The van der Waals surface area contributed by atoms with Crippen LogP contribution in [0, 0.1) is 11.3 Å². The Bertz CT molecular complexity index is 791. The molecule has 3 rings (SSSR count). The number of nitrogens with zero attached hydrogens (tertiary/aromatic N) is 4. The van der Waals surface area contributed by atoms with E-state index in [-0.39, 0.29) is 6.61 Å². The van der Waals surface area contributed by atoms with Crippen LogP contribution in [0.2, 0.25) is 0 Å². The van der Waals surface area contributed by atoms with Crippen molar-refractivity contribution in [1.29, 1.82) is 5.26 Å². The molecule has 0 aliphatic rings. The molecule has 110 valence electrons. The largest absolute Gasteiger partial charge is 0.439 e. The second kappa shape index (κ2) is 6.20. The second-order valence-corrected chi connectivity index (χ2v) is 4.54. The highest BCUT2D eigenvalue weighted by atomic mass is 16.3. The summed E-state index contributed by atoms with van der Waals surface area (Å²) in [6.07, 6.45) is 1.55. The van der Waals surface area contributed by atoms with Crippen LogP contribution >= 0.6 is 0 Å². The minimum absolute atomic E-state index is 0.0274. The Morgan fingerprint density at radius 1 is 1.27 bits per heavy atom. The molecule has 2 heterocycles. The molecule has 0 radical (unpaired) electrons. The number of hydrogen-bond donors (Lipinski definition) is 2. The van der Waals surface area contributed by atoms with Crippen molar-refractivity contribution in [1.82, 2.24) is 15.0 Å². The first-order chi connectivity index (χ1) is 10.8. The molecule has 0 saturated heterocycles. The summed E-state index contributed by atoms with van der Waals surface area (Å²) in [5.41, 5.74) is 1.82. The van der Waals surface area contributed by atoms with E-state index in [1.807, 2.05) is 18.2 Å². The van der Waals surface area contributed by atoms with E-state index in [0.717, 1.165) is 0 Å². The van der Waals surface area contributed by atoms with Crippen LogP contribution in [0.5, 0.6) is 0 Å². The number of nitriles is 1. The first kappa shape index (κ1) is 14.0. The van der Waals surface area contributed by atoms with Crippen LogP contribution in [-0.4, -0.2) is 33.2 Å². The number of para-hydroxylation sites is 2. The summed E-state index contributed by atoms with van der Waals surface area (Å²) in [6, 6.07) is 11.1. The Balaban J connectivity index is 1.95. The molecule has 22 heavy (non-hydrogen) atoms. The highest BCUT2D eigenvalue weighted by Crippen LogP contribution is 2.25. The third-order valence-corrected chi connectivity index (χ3v) is 3.05. The molecule has 2 aromatic heterocycles. The number of hydrogen-bond acceptors (Lipinski definition) is 7. The molecular formula is C15H13N5O2. The fourth-order valence-electron chi connectivity index (χ4n) is 2.05. The number of nitrogens with one attached hydrogen (secondary N) is 1. The van der Waals surface area contributed by atoms with E-state index in [4.69, 9.17) is 9.52 Å². The van der Waals surface area contributed by atoms with Crippen LogP contribution in [-0.2, 0) is 0 Å². The number of aliphatic hydroxyl groups is 1. The first-order valence-corrected chi connectivity index (χ1v) is 6.74. The average Bonchev–Trinajstić information content (AvgIpc) is 2.97. The Labute approximate surface area is 126 Å². The molecule has 0 spiro atoms. The van der Waals surface area contributed by atoms with E-state index in [1.54, 1.807) is 18.3 Å². The van der Waals surface area contributed by atoms with Gasteiger partial charge in [0.25, 0.3) is 0 Å². The zero-order chi connectivity index (χ0) is 15.4. The number of benzene rings is 1. The molecule has 1 atom stereocenters. The minimum Gasteiger partial charge on any atom is -0.439 e. The van der Waals surface area contributed by atoms with E-state index in [9.17, 15) is 5.26 Å². The van der Waals surface area contributed by atoms with Crippen LogP contribution in [0.4, 0.5) is 5.95 Å². The van der Waals surface area contributed by atoms with E-state index in [0.29, 0.717) is 35.2 Å². The molecular weight excluding hydrogens is 282 g/mol. The van der Waals surface area contributed by atoms with Gasteiger partial charge < -0.3 is 14.8 Å². The number of aliphatic hydroxyl groups excluding tert-OH is 1. The highest BCUT2D eigenvalue weighted by Gasteiger charge is 2.22. The maximum Gasteiger partial charge on any atom is 0.222 e. The predicted octanol–water partition coefficient (Wildman–Crippen LogP) is 1.68. The summed E-state index contributed by atoms with van der Waals surface area (Å²) in [4.78, 5) is 12.7. The zero-order valence-electron chi connectivity index (χ0n) is 11.6. The van der Waals surface area contributed by atoms with Crippen LogP contribution in [0.1, 0.15) is 17.5 Å². The van der Waals surface area contributed by atoms with Gasteiger partial charge in [-0.25, -0.2) is 15.0 Å². The first-order valence-electron chi connectivity index (χ1n) is 6.74. The summed E-state index contributed by atoms with van der Waals surface area (Å²) >= 11 is 0. The van der Waals surface area contributed by atoms with E-state index in [2.05, 4.69) is 26.3 Å². The molecule has 0 aliphatic heterocycles. The molecule has 1 aromatic carbocycles. The van der Waals surface area contributed by atoms with Gasteiger partial charge in [-0.2, -0.15) is 5.26 Å². The van der Waals surface area contributed by atoms with Crippen molar-refractivity contribution >= 4 is 17.0 Å². The molecule has 1 unspecified atom stereocenters. The lowest BCUT2D eigenvalue weighted by atomic mass is 10.1. The molecule has 0 fully saturated rings. The zero-order valence-corrected chi connectivity index (χ0v) is 11.6. The number of anilines is 1. The molecule has 3 aromatic rings. The fraction of sp³-hybridized carbons (Fsp3) is 0.200. The molecule has 2 N–H and O–H groups in total. The summed E-state index contributed by atoms with van der Waals surface area (Å²) in [5, 5.41) is 21.1. The van der Waals surface area contributed by atoms with Crippen LogP contribution in [0.15, 0.2) is 40.9 Å².